The van der Waals surface area contributed by atoms with E-state index in [1.54, 1.807) is 0 Å². The van der Waals surface area contributed by atoms with Gasteiger partial charge in [-0.15, -0.1) is 0 Å². The van der Waals surface area contributed by atoms with Crippen molar-refractivity contribution < 1.29 is 17.6 Å². The molecular weight excluding hydrogens is 440 g/mol. The van der Waals surface area contributed by atoms with Gasteiger partial charge in [-0.25, -0.2) is 0 Å². The Morgan fingerprint density at radius 2 is 0.636 bits per heavy atom. The summed E-state index contributed by atoms with van der Waals surface area (Å²) >= 11 is -3.47. The van der Waals surface area contributed by atoms with Crippen molar-refractivity contribution in [3.8, 4) is 0 Å². The van der Waals surface area contributed by atoms with Crippen LogP contribution in [0.15, 0.2) is 24.3 Å². The number of rotatable bonds is 4. The second-order valence-corrected chi connectivity index (χ2v) is 20.3. The third kappa shape index (κ3) is 4.96. The van der Waals surface area contributed by atoms with Crippen molar-refractivity contribution in [3.05, 3.63) is 47.0 Å². The molecule has 0 bridgehead atoms. The number of nitrogens with zero attached hydrogens (tertiary/aromatic N) is 4. The third-order valence-electron chi connectivity index (χ3n) is 6.64. The molecule has 0 aliphatic carbocycles. The van der Waals surface area contributed by atoms with Gasteiger partial charge in [-0.2, -0.15) is 0 Å². The van der Waals surface area contributed by atoms with E-state index in [1.165, 1.54) is 22.8 Å². The number of hydrogen-bond acceptors (Lipinski definition) is 2. The molecule has 0 aromatic carbocycles. The number of hydrogen-bond donors (Lipinski definition) is 0. The van der Waals surface area contributed by atoms with E-state index in [1.807, 2.05) is 0 Å². The van der Waals surface area contributed by atoms with Gasteiger partial charge in [-0.1, -0.05) is 0 Å². The first-order valence-electron chi connectivity index (χ1n) is 12.4. The van der Waals surface area contributed by atoms with Gasteiger partial charge in [-0.05, 0) is 0 Å². The van der Waals surface area contributed by atoms with Crippen LogP contribution in [0.4, 0.5) is 0 Å². The summed E-state index contributed by atoms with van der Waals surface area (Å²) in [5.41, 5.74) is 5.80. The van der Waals surface area contributed by atoms with Crippen LogP contribution in [0.25, 0.3) is 0 Å². The topological polar surface area (TPSA) is 16.3 Å². The van der Waals surface area contributed by atoms with Crippen LogP contribution < -0.4 is 0 Å². The quantitative estimate of drug-likeness (QED) is 0.436. The molecule has 0 saturated carbocycles. The standard InChI is InChI=1S/2C12H20N.2C2H6N.Ti/c2*1-11(2,3)9-7-8-10(13-9)12(4,5)6;2*1-3-2;/h2*7-8H,1-6H3;2*1-2H3;/q4*-1;+4. The van der Waals surface area contributed by atoms with Gasteiger partial charge < -0.3 is 0 Å². The summed E-state index contributed by atoms with van der Waals surface area (Å²) in [6.45, 7) is 28.3. The fraction of sp³-hybridized carbons (Fsp3) is 0.714. The summed E-state index contributed by atoms with van der Waals surface area (Å²) in [5, 5.41) is 0. The molecule has 0 unspecified atom stereocenters. The molecule has 5 heteroatoms. The van der Waals surface area contributed by atoms with Gasteiger partial charge in [0.25, 0.3) is 0 Å². The van der Waals surface area contributed by atoms with Crippen LogP contribution in [-0.4, -0.2) is 41.1 Å². The molecule has 0 N–H and O–H groups in total. The van der Waals surface area contributed by atoms with E-state index in [0.717, 1.165) is 0 Å². The summed E-state index contributed by atoms with van der Waals surface area (Å²) < 4.78 is 10.8. The van der Waals surface area contributed by atoms with Gasteiger partial charge >= 0.3 is 210 Å². The summed E-state index contributed by atoms with van der Waals surface area (Å²) in [6, 6.07) is 9.57. The average Bonchev–Trinajstić information content (AvgIpc) is 3.18. The van der Waals surface area contributed by atoms with Gasteiger partial charge in [0.15, 0.2) is 0 Å². The van der Waals surface area contributed by atoms with Gasteiger partial charge in [0, 0.05) is 0 Å². The SMILES string of the molecule is C[N](C)[Ti]([N](C)C)([n]1c(C(C)(C)C)ccc1C(C)(C)C)[n]1c(C(C)(C)C)ccc1C(C)(C)C. The predicted octanol–water partition coefficient (Wildman–Crippen LogP) is 6.81. The van der Waals surface area contributed by atoms with E-state index in [9.17, 15) is 0 Å². The molecule has 2 heterocycles. The van der Waals surface area contributed by atoms with E-state index < -0.39 is 17.6 Å². The molecule has 4 nitrogen and oxygen atoms in total. The van der Waals surface area contributed by atoms with Crippen molar-refractivity contribution in [2.75, 3.05) is 28.2 Å². The number of aromatic nitrogens is 2. The zero-order valence-corrected chi connectivity index (χ0v) is 26.2. The summed E-state index contributed by atoms with van der Waals surface area (Å²) in [7, 11) is 9.21. The molecule has 188 valence electrons. The van der Waals surface area contributed by atoms with Crippen molar-refractivity contribution in [2.24, 2.45) is 0 Å². The Kier molecular flexibility index (Phi) is 7.49. The Morgan fingerprint density at radius 1 is 0.455 bits per heavy atom. The summed E-state index contributed by atoms with van der Waals surface area (Å²) in [6.07, 6.45) is 0. The van der Waals surface area contributed by atoms with Gasteiger partial charge in [0.05, 0.1) is 0 Å². The Bertz CT molecular complexity index is 820. The van der Waals surface area contributed by atoms with Gasteiger partial charge in [0.1, 0.15) is 0 Å². The second-order valence-electron chi connectivity index (χ2n) is 14.3. The van der Waals surface area contributed by atoms with E-state index in [0.29, 0.717) is 0 Å². The van der Waals surface area contributed by atoms with Crippen LogP contribution in [0.2, 0.25) is 0 Å². The van der Waals surface area contributed by atoms with Crippen LogP contribution in [0, 0.1) is 0 Å². The molecule has 0 radical (unpaired) electrons. The molecule has 2 aromatic rings. The molecular formula is C28H52N4Ti. The minimum atomic E-state index is -3.47. The Hall–Kier alpha value is -0.806. The summed E-state index contributed by atoms with van der Waals surface area (Å²) in [4.78, 5) is 0. The minimum absolute atomic E-state index is 0.0307. The molecule has 33 heavy (non-hydrogen) atoms. The Balaban J connectivity index is 3.29. The van der Waals surface area contributed by atoms with Crippen LogP contribution in [0.1, 0.15) is 106 Å². The zero-order valence-electron chi connectivity index (χ0n) is 24.6. The van der Waals surface area contributed by atoms with E-state index >= 15 is 0 Å². The Labute approximate surface area is 209 Å². The van der Waals surface area contributed by atoms with Crippen LogP contribution in [-0.2, 0) is 39.3 Å². The van der Waals surface area contributed by atoms with Crippen molar-refractivity contribution >= 4 is 0 Å². The molecule has 0 atom stereocenters. The maximum atomic E-state index is 2.81. The normalized spacial score (nSPS) is 14.6. The van der Waals surface area contributed by atoms with Crippen molar-refractivity contribution in [2.45, 2.75) is 105 Å². The average molecular weight is 493 g/mol. The van der Waals surface area contributed by atoms with Crippen molar-refractivity contribution in [1.29, 1.82) is 0 Å². The predicted molar refractivity (Wildman–Crippen MR) is 142 cm³/mol. The third-order valence-corrected chi connectivity index (χ3v) is 13.8. The maximum absolute atomic E-state index is 3.47. The first kappa shape index (κ1) is 28.4. The van der Waals surface area contributed by atoms with Crippen molar-refractivity contribution in [1.82, 2.24) is 12.9 Å². The van der Waals surface area contributed by atoms with Gasteiger partial charge in [-0.3, -0.25) is 0 Å². The molecule has 0 saturated heterocycles. The van der Waals surface area contributed by atoms with E-state index in [4.69, 9.17) is 0 Å². The zero-order chi connectivity index (χ0) is 25.9. The molecule has 2 aromatic heterocycles. The van der Waals surface area contributed by atoms with Crippen LogP contribution in [0.3, 0.4) is 0 Å². The molecule has 0 aliphatic heterocycles. The molecule has 0 aliphatic rings. The molecule has 0 fully saturated rings. The second kappa shape index (κ2) is 8.69. The van der Waals surface area contributed by atoms with Crippen LogP contribution in [0.5, 0.6) is 0 Å². The fourth-order valence-electron chi connectivity index (χ4n) is 5.16. The molecule has 0 spiro atoms. The summed E-state index contributed by atoms with van der Waals surface area (Å²) in [5.74, 6) is 0. The van der Waals surface area contributed by atoms with E-state index in [2.05, 4.69) is 148 Å². The van der Waals surface area contributed by atoms with Crippen LogP contribution >= 0.6 is 0 Å². The fourth-order valence-corrected chi connectivity index (χ4v) is 13.8. The van der Waals surface area contributed by atoms with E-state index in [-0.39, 0.29) is 21.7 Å². The van der Waals surface area contributed by atoms with Crippen molar-refractivity contribution in [3.63, 3.8) is 0 Å². The monoisotopic (exact) mass is 492 g/mol. The molecule has 0 amide bonds. The van der Waals surface area contributed by atoms with Gasteiger partial charge in [0.2, 0.25) is 0 Å². The first-order chi connectivity index (χ1) is 14.6. The Morgan fingerprint density at radius 3 is 0.758 bits per heavy atom. The molecule has 2 rings (SSSR count). The first-order valence-corrected chi connectivity index (χ1v) is 15.2.